The molecule has 3 aromatic carbocycles. The standard InChI is InChI=1S/C32H31BrN2O6/c1-39-29-20-21(19-27-30(36)34-32(38)35(31(27)37)25-12-10-24(33)11-13-25)7-16-28(29)41-18-17-40-26-14-8-23(9-15-26)22-5-3-2-4-6-22/h7-16,19-20,22H,2-6,17-18H2,1H3,(H,34,36,38)/b27-19-. The molecule has 0 bridgehead atoms. The molecule has 0 unspecified atom stereocenters. The van der Waals surface area contributed by atoms with Crippen molar-refractivity contribution in [3.8, 4) is 17.2 Å². The molecular weight excluding hydrogens is 588 g/mol. The van der Waals surface area contributed by atoms with Crippen LogP contribution < -0.4 is 24.4 Å². The third-order valence-electron chi connectivity index (χ3n) is 7.25. The lowest BCUT2D eigenvalue weighted by molar-refractivity contribution is -0.122. The van der Waals surface area contributed by atoms with Crippen LogP contribution in [0.4, 0.5) is 10.5 Å². The molecule has 41 heavy (non-hydrogen) atoms. The van der Waals surface area contributed by atoms with E-state index in [1.807, 2.05) is 12.1 Å². The van der Waals surface area contributed by atoms with Crippen LogP contribution in [0.25, 0.3) is 6.08 Å². The van der Waals surface area contributed by atoms with Gasteiger partial charge < -0.3 is 14.2 Å². The van der Waals surface area contributed by atoms with Crippen LogP contribution in [0.3, 0.4) is 0 Å². The number of imide groups is 2. The number of anilines is 1. The highest BCUT2D eigenvalue weighted by Crippen LogP contribution is 2.33. The van der Waals surface area contributed by atoms with Gasteiger partial charge in [0.15, 0.2) is 11.5 Å². The van der Waals surface area contributed by atoms with Gasteiger partial charge in [-0.15, -0.1) is 0 Å². The van der Waals surface area contributed by atoms with Gasteiger partial charge in [-0.3, -0.25) is 14.9 Å². The smallest absolute Gasteiger partial charge is 0.335 e. The molecule has 0 aromatic heterocycles. The van der Waals surface area contributed by atoms with Crippen LogP contribution in [0, 0.1) is 0 Å². The van der Waals surface area contributed by atoms with Crippen molar-refractivity contribution in [3.63, 3.8) is 0 Å². The summed E-state index contributed by atoms with van der Waals surface area (Å²) in [6.45, 7) is 0.651. The molecule has 4 amide bonds. The Morgan fingerprint density at radius 3 is 2.29 bits per heavy atom. The van der Waals surface area contributed by atoms with Crippen molar-refractivity contribution in [3.05, 3.63) is 87.9 Å². The second kappa shape index (κ2) is 13.0. The zero-order valence-electron chi connectivity index (χ0n) is 22.7. The minimum Gasteiger partial charge on any atom is -0.493 e. The van der Waals surface area contributed by atoms with E-state index < -0.39 is 17.8 Å². The predicted octanol–water partition coefficient (Wildman–Crippen LogP) is 6.63. The molecule has 0 radical (unpaired) electrons. The lowest BCUT2D eigenvalue weighted by atomic mass is 9.84. The third-order valence-corrected chi connectivity index (χ3v) is 7.78. The van der Waals surface area contributed by atoms with E-state index in [2.05, 4.69) is 33.4 Å². The molecule has 1 N–H and O–H groups in total. The SMILES string of the molecule is COc1cc(/C=C2/C(=O)NC(=O)N(c3ccc(Br)cc3)C2=O)ccc1OCCOc1ccc(C2CCCCC2)cc1. The van der Waals surface area contributed by atoms with Crippen molar-refractivity contribution in [1.29, 1.82) is 0 Å². The van der Waals surface area contributed by atoms with E-state index in [1.165, 1.54) is 50.9 Å². The number of nitrogens with one attached hydrogen (secondary N) is 1. The Kier molecular flexibility index (Phi) is 9.04. The van der Waals surface area contributed by atoms with E-state index in [-0.39, 0.29) is 5.57 Å². The quantitative estimate of drug-likeness (QED) is 0.164. The first-order valence-electron chi connectivity index (χ1n) is 13.6. The number of methoxy groups -OCH3 is 1. The average Bonchev–Trinajstić information content (AvgIpc) is 2.99. The minimum absolute atomic E-state index is 0.175. The maximum Gasteiger partial charge on any atom is 0.335 e. The van der Waals surface area contributed by atoms with Crippen LogP contribution in [0.15, 0.2) is 76.8 Å². The number of carbonyl (C=O) groups excluding carboxylic acids is 3. The van der Waals surface area contributed by atoms with Gasteiger partial charge in [-0.25, -0.2) is 9.69 Å². The van der Waals surface area contributed by atoms with Gasteiger partial charge in [-0.05, 0) is 84.5 Å². The molecule has 212 valence electrons. The molecule has 2 fully saturated rings. The Morgan fingerprint density at radius 2 is 1.59 bits per heavy atom. The van der Waals surface area contributed by atoms with Crippen LogP contribution in [-0.4, -0.2) is 38.2 Å². The number of rotatable bonds is 9. The van der Waals surface area contributed by atoms with Crippen molar-refractivity contribution in [1.82, 2.24) is 5.32 Å². The van der Waals surface area contributed by atoms with Crippen LogP contribution in [-0.2, 0) is 9.59 Å². The molecule has 8 nitrogen and oxygen atoms in total. The summed E-state index contributed by atoms with van der Waals surface area (Å²) in [5.74, 6) is 0.900. The fraction of sp³-hybridized carbons (Fsp3) is 0.281. The zero-order valence-corrected chi connectivity index (χ0v) is 24.3. The summed E-state index contributed by atoms with van der Waals surface area (Å²) in [7, 11) is 1.51. The van der Waals surface area contributed by atoms with E-state index in [0.717, 1.165) is 15.1 Å². The van der Waals surface area contributed by atoms with Crippen molar-refractivity contribution >= 4 is 45.5 Å². The Hall–Kier alpha value is -4.11. The van der Waals surface area contributed by atoms with Gasteiger partial charge >= 0.3 is 6.03 Å². The number of carbonyl (C=O) groups is 3. The van der Waals surface area contributed by atoms with Crippen LogP contribution in [0.1, 0.15) is 49.1 Å². The Balaban J connectivity index is 1.21. The van der Waals surface area contributed by atoms with Gasteiger partial charge in [0.25, 0.3) is 11.8 Å². The van der Waals surface area contributed by atoms with E-state index in [4.69, 9.17) is 14.2 Å². The number of barbiturate groups is 1. The fourth-order valence-corrected chi connectivity index (χ4v) is 5.39. The molecular formula is C32H31BrN2O6. The summed E-state index contributed by atoms with van der Waals surface area (Å²) in [4.78, 5) is 39.0. The van der Waals surface area contributed by atoms with Crippen molar-refractivity contribution in [2.45, 2.75) is 38.0 Å². The Morgan fingerprint density at radius 1 is 0.878 bits per heavy atom. The van der Waals surface area contributed by atoms with Crippen molar-refractivity contribution in [2.24, 2.45) is 0 Å². The second-order valence-electron chi connectivity index (χ2n) is 9.95. The summed E-state index contributed by atoms with van der Waals surface area (Å²) in [5.41, 5.74) is 2.09. The van der Waals surface area contributed by atoms with Crippen LogP contribution in [0.5, 0.6) is 17.2 Å². The van der Waals surface area contributed by atoms with Gasteiger partial charge in [0.2, 0.25) is 0 Å². The number of urea groups is 1. The van der Waals surface area contributed by atoms with Crippen molar-refractivity contribution in [2.75, 3.05) is 25.2 Å². The number of ether oxygens (including phenoxy) is 3. The number of halogens is 1. The molecule has 1 heterocycles. The van der Waals surface area contributed by atoms with Crippen LogP contribution >= 0.6 is 15.9 Å². The molecule has 1 aliphatic carbocycles. The van der Waals surface area contributed by atoms with E-state index in [1.54, 1.807) is 42.5 Å². The first kappa shape index (κ1) is 28.4. The van der Waals surface area contributed by atoms with E-state index in [9.17, 15) is 14.4 Å². The molecule has 2 aliphatic rings. The molecule has 9 heteroatoms. The Labute approximate surface area is 247 Å². The first-order chi connectivity index (χ1) is 19.9. The molecule has 1 saturated heterocycles. The maximum absolute atomic E-state index is 13.1. The largest absolute Gasteiger partial charge is 0.493 e. The monoisotopic (exact) mass is 618 g/mol. The van der Waals surface area contributed by atoms with Crippen LogP contribution in [0.2, 0.25) is 0 Å². The summed E-state index contributed by atoms with van der Waals surface area (Å²) < 4.78 is 18.0. The molecule has 0 atom stereocenters. The lowest BCUT2D eigenvalue weighted by Crippen LogP contribution is -2.54. The predicted molar refractivity (Wildman–Crippen MR) is 159 cm³/mol. The molecule has 3 aromatic rings. The van der Waals surface area contributed by atoms with E-state index >= 15 is 0 Å². The first-order valence-corrected chi connectivity index (χ1v) is 14.4. The highest BCUT2D eigenvalue weighted by molar-refractivity contribution is 9.10. The molecule has 1 saturated carbocycles. The molecule has 5 rings (SSSR count). The van der Waals surface area contributed by atoms with Gasteiger partial charge in [-0.1, -0.05) is 53.4 Å². The van der Waals surface area contributed by atoms with Gasteiger partial charge in [0.1, 0.15) is 24.5 Å². The third kappa shape index (κ3) is 6.79. The second-order valence-corrected chi connectivity index (χ2v) is 10.9. The maximum atomic E-state index is 13.1. The summed E-state index contributed by atoms with van der Waals surface area (Å²) in [6.07, 6.45) is 7.90. The van der Waals surface area contributed by atoms with Crippen molar-refractivity contribution < 1.29 is 28.6 Å². The Bertz CT molecular complexity index is 1450. The van der Waals surface area contributed by atoms with Gasteiger partial charge in [0.05, 0.1) is 12.8 Å². The number of hydrogen-bond acceptors (Lipinski definition) is 6. The van der Waals surface area contributed by atoms with Gasteiger partial charge in [-0.2, -0.15) is 0 Å². The summed E-state index contributed by atoms with van der Waals surface area (Å²) in [5, 5.41) is 2.23. The highest BCUT2D eigenvalue weighted by Gasteiger charge is 2.36. The lowest BCUT2D eigenvalue weighted by Gasteiger charge is -2.26. The number of hydrogen-bond donors (Lipinski definition) is 1. The average molecular weight is 620 g/mol. The topological polar surface area (TPSA) is 94.2 Å². The minimum atomic E-state index is -0.803. The van der Waals surface area contributed by atoms with Gasteiger partial charge in [0, 0.05) is 4.47 Å². The number of amides is 4. The number of nitrogens with zero attached hydrogens (tertiary/aromatic N) is 1. The number of benzene rings is 3. The van der Waals surface area contributed by atoms with E-state index in [0.29, 0.717) is 41.9 Å². The highest BCUT2D eigenvalue weighted by atomic mass is 79.9. The summed E-state index contributed by atoms with van der Waals surface area (Å²) in [6, 6.07) is 19.3. The molecule has 0 spiro atoms. The summed E-state index contributed by atoms with van der Waals surface area (Å²) >= 11 is 3.33. The zero-order chi connectivity index (χ0) is 28.8. The molecule has 1 aliphatic heterocycles. The fourth-order valence-electron chi connectivity index (χ4n) is 5.13. The normalized spacial score (nSPS) is 17.0.